The van der Waals surface area contributed by atoms with Gasteiger partial charge < -0.3 is 14.2 Å². The minimum atomic E-state index is -0.470. The number of esters is 1. The van der Waals surface area contributed by atoms with Gasteiger partial charge in [0.1, 0.15) is 18.5 Å². The first-order chi connectivity index (χ1) is 10.6. The molecule has 1 aliphatic rings. The lowest BCUT2D eigenvalue weighted by Crippen LogP contribution is -2.46. The van der Waals surface area contributed by atoms with Crippen LogP contribution in [0.25, 0.3) is 0 Å². The molecule has 0 amide bonds. The smallest absolute Gasteiger partial charge is 0.319 e. The molecule has 22 heavy (non-hydrogen) atoms. The van der Waals surface area contributed by atoms with Gasteiger partial charge in [0.2, 0.25) is 0 Å². The minimum Gasteiger partial charge on any atom is -0.491 e. The topological polar surface area (TPSA) is 91.1 Å². The Hall–Kier alpha value is -2.19. The maximum Gasteiger partial charge on any atom is 0.319 e. The summed E-state index contributed by atoms with van der Waals surface area (Å²) in [6, 6.07) is 6.00. The summed E-state index contributed by atoms with van der Waals surface area (Å²) < 4.78 is 15.8. The van der Waals surface area contributed by atoms with Gasteiger partial charge in [0.15, 0.2) is 0 Å². The van der Waals surface area contributed by atoms with Crippen molar-refractivity contribution in [2.24, 2.45) is 0 Å². The van der Waals surface area contributed by atoms with Crippen molar-refractivity contribution in [1.29, 1.82) is 0 Å². The molecule has 8 nitrogen and oxygen atoms in total. The van der Waals surface area contributed by atoms with Crippen molar-refractivity contribution < 1.29 is 23.9 Å². The zero-order valence-corrected chi connectivity index (χ0v) is 12.3. The molecule has 1 heterocycles. The summed E-state index contributed by atoms with van der Waals surface area (Å²) >= 11 is 0. The first-order valence-electron chi connectivity index (χ1n) is 6.86. The van der Waals surface area contributed by atoms with Crippen LogP contribution in [0, 0.1) is 10.1 Å². The molecule has 1 aliphatic heterocycles. The predicted molar refractivity (Wildman–Crippen MR) is 76.8 cm³/mol. The van der Waals surface area contributed by atoms with E-state index < -0.39 is 4.92 Å². The summed E-state index contributed by atoms with van der Waals surface area (Å²) in [5.74, 6) is 0.128. The van der Waals surface area contributed by atoms with E-state index in [0.29, 0.717) is 25.4 Å². The fourth-order valence-corrected chi connectivity index (χ4v) is 2.15. The molecular weight excluding hydrogens is 292 g/mol. The van der Waals surface area contributed by atoms with Crippen LogP contribution in [0.15, 0.2) is 24.3 Å². The van der Waals surface area contributed by atoms with Crippen molar-refractivity contribution in [3.8, 4) is 5.75 Å². The molecule has 0 aliphatic carbocycles. The molecule has 1 aromatic carbocycles. The van der Waals surface area contributed by atoms with Crippen LogP contribution in [-0.4, -0.2) is 61.9 Å². The number of carbonyl (C=O) groups is 1. The van der Waals surface area contributed by atoms with Gasteiger partial charge in [-0.25, -0.2) is 0 Å². The number of nitrogens with zero attached hydrogens (tertiary/aromatic N) is 2. The highest BCUT2D eigenvalue weighted by molar-refractivity contribution is 5.71. The number of rotatable bonds is 6. The molecule has 0 spiro atoms. The van der Waals surface area contributed by atoms with E-state index in [1.54, 1.807) is 12.1 Å². The van der Waals surface area contributed by atoms with E-state index in [1.807, 2.05) is 4.90 Å². The van der Waals surface area contributed by atoms with Gasteiger partial charge in [-0.15, -0.1) is 0 Å². The number of ether oxygens (including phenoxy) is 3. The molecule has 120 valence electrons. The number of hydrogen-bond acceptors (Lipinski definition) is 7. The molecule has 0 bridgehead atoms. The molecule has 0 N–H and O–H groups in total. The summed E-state index contributed by atoms with van der Waals surface area (Å²) in [4.78, 5) is 23.4. The number of carbonyl (C=O) groups excluding carboxylic acids is 1. The Balaban J connectivity index is 1.84. The van der Waals surface area contributed by atoms with Gasteiger partial charge >= 0.3 is 5.97 Å². The third kappa shape index (κ3) is 4.68. The second-order valence-electron chi connectivity index (χ2n) is 4.87. The Morgan fingerprint density at radius 3 is 3.09 bits per heavy atom. The Kier molecular flexibility index (Phi) is 5.68. The third-order valence-electron chi connectivity index (χ3n) is 3.27. The molecule has 1 aromatic rings. The number of nitro benzene ring substituents is 1. The summed E-state index contributed by atoms with van der Waals surface area (Å²) in [7, 11) is 1.35. The Labute approximate surface area is 127 Å². The Bertz CT molecular complexity index is 536. The van der Waals surface area contributed by atoms with Gasteiger partial charge in [0.05, 0.1) is 31.3 Å². The molecule has 1 saturated heterocycles. The molecule has 0 unspecified atom stereocenters. The molecule has 0 aromatic heterocycles. The van der Waals surface area contributed by atoms with E-state index >= 15 is 0 Å². The van der Waals surface area contributed by atoms with Crippen LogP contribution in [0.3, 0.4) is 0 Å². The van der Waals surface area contributed by atoms with Gasteiger partial charge in [-0.2, -0.15) is 0 Å². The SMILES string of the molecule is COC(=O)CN1CCO[C@@H](COc2cccc([N+](=O)[O-])c2)C1. The van der Waals surface area contributed by atoms with E-state index in [2.05, 4.69) is 4.74 Å². The highest BCUT2D eigenvalue weighted by Gasteiger charge is 2.23. The molecular formula is C14H18N2O6. The second kappa shape index (κ2) is 7.71. The van der Waals surface area contributed by atoms with Crippen LogP contribution in [0.5, 0.6) is 5.75 Å². The standard InChI is InChI=1S/C14H18N2O6/c1-20-14(17)9-15-5-6-21-13(8-15)10-22-12-4-2-3-11(7-12)16(18)19/h2-4,7,13H,5-6,8-10H2,1H3/t13-/m1/s1. The van der Waals surface area contributed by atoms with Crippen LogP contribution in [0.1, 0.15) is 0 Å². The lowest BCUT2D eigenvalue weighted by atomic mass is 10.2. The van der Waals surface area contributed by atoms with Crippen LogP contribution < -0.4 is 4.74 Å². The zero-order chi connectivity index (χ0) is 15.9. The van der Waals surface area contributed by atoms with Gasteiger partial charge in [0.25, 0.3) is 5.69 Å². The van der Waals surface area contributed by atoms with Crippen molar-refractivity contribution in [2.75, 3.05) is 40.0 Å². The molecule has 1 atom stereocenters. The first-order valence-corrected chi connectivity index (χ1v) is 6.86. The summed E-state index contributed by atoms with van der Waals surface area (Å²) in [6.45, 7) is 2.18. The number of non-ortho nitro benzene ring substituents is 1. The van der Waals surface area contributed by atoms with E-state index in [4.69, 9.17) is 9.47 Å². The van der Waals surface area contributed by atoms with Crippen LogP contribution in [0.2, 0.25) is 0 Å². The van der Waals surface area contributed by atoms with E-state index in [-0.39, 0.29) is 30.9 Å². The van der Waals surface area contributed by atoms with E-state index in [1.165, 1.54) is 19.2 Å². The lowest BCUT2D eigenvalue weighted by molar-refractivity contribution is -0.384. The second-order valence-corrected chi connectivity index (χ2v) is 4.87. The number of benzene rings is 1. The Morgan fingerprint density at radius 2 is 2.36 bits per heavy atom. The highest BCUT2D eigenvalue weighted by Crippen LogP contribution is 2.19. The largest absolute Gasteiger partial charge is 0.491 e. The fraction of sp³-hybridized carbons (Fsp3) is 0.500. The molecule has 8 heteroatoms. The van der Waals surface area contributed by atoms with Gasteiger partial charge in [-0.05, 0) is 6.07 Å². The molecule has 0 radical (unpaired) electrons. The van der Waals surface area contributed by atoms with Crippen LogP contribution in [0.4, 0.5) is 5.69 Å². The summed E-state index contributed by atoms with van der Waals surface area (Å²) in [5, 5.41) is 10.7. The predicted octanol–water partition coefficient (Wildman–Crippen LogP) is 0.847. The maximum atomic E-state index is 11.3. The molecule has 1 fully saturated rings. The highest BCUT2D eigenvalue weighted by atomic mass is 16.6. The first kappa shape index (κ1) is 16.2. The summed E-state index contributed by atoms with van der Waals surface area (Å²) in [5.41, 5.74) is -0.0191. The van der Waals surface area contributed by atoms with E-state index in [9.17, 15) is 14.9 Å². The maximum absolute atomic E-state index is 11.3. The number of methoxy groups -OCH3 is 1. The fourth-order valence-electron chi connectivity index (χ4n) is 2.15. The van der Waals surface area contributed by atoms with Crippen molar-refractivity contribution in [2.45, 2.75) is 6.10 Å². The van der Waals surface area contributed by atoms with Gasteiger partial charge in [0, 0.05) is 19.2 Å². The van der Waals surface area contributed by atoms with Crippen molar-refractivity contribution in [1.82, 2.24) is 4.90 Å². The van der Waals surface area contributed by atoms with E-state index in [0.717, 1.165) is 0 Å². The van der Waals surface area contributed by atoms with Gasteiger partial charge in [-0.1, -0.05) is 6.07 Å². The molecule has 2 rings (SSSR count). The van der Waals surface area contributed by atoms with Crippen molar-refractivity contribution in [3.63, 3.8) is 0 Å². The average Bonchev–Trinajstić information content (AvgIpc) is 2.53. The zero-order valence-electron chi connectivity index (χ0n) is 12.3. The number of morpholine rings is 1. The normalized spacial score (nSPS) is 18.7. The Morgan fingerprint density at radius 1 is 1.55 bits per heavy atom. The average molecular weight is 310 g/mol. The van der Waals surface area contributed by atoms with Crippen LogP contribution in [-0.2, 0) is 14.3 Å². The van der Waals surface area contributed by atoms with Crippen molar-refractivity contribution in [3.05, 3.63) is 34.4 Å². The minimum absolute atomic E-state index is 0.0191. The van der Waals surface area contributed by atoms with Crippen LogP contribution >= 0.6 is 0 Å². The molecule has 0 saturated carbocycles. The van der Waals surface area contributed by atoms with Gasteiger partial charge in [-0.3, -0.25) is 19.8 Å². The monoisotopic (exact) mass is 310 g/mol. The summed E-state index contributed by atoms with van der Waals surface area (Å²) in [6.07, 6.45) is -0.197. The number of hydrogen-bond donors (Lipinski definition) is 0. The quantitative estimate of drug-likeness (QED) is 0.437. The van der Waals surface area contributed by atoms with Crippen molar-refractivity contribution >= 4 is 11.7 Å². The third-order valence-corrected chi connectivity index (χ3v) is 3.27. The lowest BCUT2D eigenvalue weighted by Gasteiger charge is -2.31. The number of nitro groups is 1.